The van der Waals surface area contributed by atoms with Crippen LogP contribution in [0.2, 0.25) is 0 Å². The SMILES string of the molecule is N#CSc1nnnn1-c1cccc(NC(=O)c2ccccc2S(=O)(=O)[O-])c1. The average Bonchev–Trinajstić information content (AvgIpc) is 3.10. The Morgan fingerprint density at radius 1 is 1.22 bits per heavy atom. The Morgan fingerprint density at radius 2 is 2.00 bits per heavy atom. The zero-order chi connectivity index (χ0) is 19.4. The highest BCUT2D eigenvalue weighted by atomic mass is 32.2. The van der Waals surface area contributed by atoms with Crippen LogP contribution >= 0.6 is 11.8 Å². The van der Waals surface area contributed by atoms with Gasteiger partial charge in [-0.2, -0.15) is 9.94 Å². The third kappa shape index (κ3) is 4.11. The molecule has 12 heteroatoms. The van der Waals surface area contributed by atoms with Gasteiger partial charge in [0, 0.05) is 17.4 Å². The summed E-state index contributed by atoms with van der Waals surface area (Å²) in [5, 5.41) is 24.4. The quantitative estimate of drug-likeness (QED) is 0.379. The molecule has 0 saturated carbocycles. The van der Waals surface area contributed by atoms with Gasteiger partial charge in [0.15, 0.2) is 0 Å². The van der Waals surface area contributed by atoms with Crippen molar-refractivity contribution in [3.05, 3.63) is 54.1 Å². The molecule has 136 valence electrons. The number of hydrogen-bond donors (Lipinski definition) is 1. The zero-order valence-corrected chi connectivity index (χ0v) is 14.9. The smallest absolute Gasteiger partial charge is 0.256 e. The number of hydrogen-bond acceptors (Lipinski definition) is 9. The Morgan fingerprint density at radius 3 is 2.74 bits per heavy atom. The number of tetrazole rings is 1. The molecule has 0 aliphatic carbocycles. The van der Waals surface area contributed by atoms with Crippen molar-refractivity contribution in [1.29, 1.82) is 5.26 Å². The van der Waals surface area contributed by atoms with Crippen molar-refractivity contribution in [2.75, 3.05) is 5.32 Å². The van der Waals surface area contributed by atoms with E-state index < -0.39 is 20.9 Å². The van der Waals surface area contributed by atoms with E-state index in [4.69, 9.17) is 5.26 Å². The van der Waals surface area contributed by atoms with E-state index in [1.54, 1.807) is 18.2 Å². The first-order valence-electron chi connectivity index (χ1n) is 7.21. The number of thioether (sulfide) groups is 1. The van der Waals surface area contributed by atoms with Crippen LogP contribution in [0.1, 0.15) is 10.4 Å². The molecule has 0 atom stereocenters. The summed E-state index contributed by atoms with van der Waals surface area (Å²) in [6.45, 7) is 0. The van der Waals surface area contributed by atoms with Crippen molar-refractivity contribution in [3.8, 4) is 11.1 Å². The van der Waals surface area contributed by atoms with Crippen LogP contribution in [0.5, 0.6) is 0 Å². The predicted octanol–water partition coefficient (Wildman–Crippen LogP) is 1.39. The van der Waals surface area contributed by atoms with E-state index in [1.165, 1.54) is 28.9 Å². The van der Waals surface area contributed by atoms with Crippen LogP contribution in [0.3, 0.4) is 0 Å². The average molecular weight is 401 g/mol. The van der Waals surface area contributed by atoms with E-state index in [1.807, 2.05) is 5.40 Å². The number of nitriles is 1. The number of rotatable bonds is 5. The highest BCUT2D eigenvalue weighted by Gasteiger charge is 2.16. The van der Waals surface area contributed by atoms with Crippen LogP contribution in [0, 0.1) is 10.7 Å². The molecule has 0 aliphatic rings. The fourth-order valence-electron chi connectivity index (χ4n) is 2.23. The van der Waals surface area contributed by atoms with Gasteiger partial charge >= 0.3 is 0 Å². The van der Waals surface area contributed by atoms with E-state index in [-0.39, 0.29) is 10.7 Å². The third-order valence-corrected chi connectivity index (χ3v) is 4.75. The van der Waals surface area contributed by atoms with Gasteiger partial charge in [0.05, 0.1) is 16.1 Å². The molecule has 3 rings (SSSR count). The zero-order valence-electron chi connectivity index (χ0n) is 13.3. The second-order valence-electron chi connectivity index (χ2n) is 5.02. The predicted molar refractivity (Wildman–Crippen MR) is 93.0 cm³/mol. The standard InChI is InChI=1S/C15H10N6O4S2/c16-9-26-15-18-19-20-21(15)11-5-3-4-10(8-11)17-14(22)12-6-1-2-7-13(12)27(23,24)25/h1-8H,(H,17,22)(H,23,24,25)/p-1. The van der Waals surface area contributed by atoms with Gasteiger partial charge < -0.3 is 9.87 Å². The van der Waals surface area contributed by atoms with Gasteiger partial charge in [-0.3, -0.25) is 4.79 Å². The summed E-state index contributed by atoms with van der Waals surface area (Å²) in [6.07, 6.45) is 0. The maximum absolute atomic E-state index is 12.4. The molecule has 27 heavy (non-hydrogen) atoms. The van der Waals surface area contributed by atoms with Crippen molar-refractivity contribution in [1.82, 2.24) is 20.2 Å². The number of amides is 1. The van der Waals surface area contributed by atoms with E-state index in [0.29, 0.717) is 11.4 Å². The number of aromatic nitrogens is 4. The van der Waals surface area contributed by atoms with Gasteiger partial charge in [-0.25, -0.2) is 8.42 Å². The first-order valence-corrected chi connectivity index (χ1v) is 9.43. The number of carbonyl (C=O) groups excluding carboxylic acids is 1. The van der Waals surface area contributed by atoms with Crippen molar-refractivity contribution >= 4 is 33.5 Å². The van der Waals surface area contributed by atoms with Gasteiger partial charge in [-0.15, -0.1) is 5.10 Å². The van der Waals surface area contributed by atoms with Crippen LogP contribution in [-0.2, 0) is 10.1 Å². The van der Waals surface area contributed by atoms with Crippen LogP contribution < -0.4 is 5.32 Å². The maximum atomic E-state index is 12.4. The molecule has 0 spiro atoms. The first kappa shape index (κ1) is 18.5. The lowest BCUT2D eigenvalue weighted by Crippen LogP contribution is -2.16. The fraction of sp³-hybridized carbons (Fsp3) is 0. The minimum absolute atomic E-state index is 0.240. The Balaban J connectivity index is 1.91. The van der Waals surface area contributed by atoms with E-state index in [2.05, 4.69) is 20.8 Å². The van der Waals surface area contributed by atoms with Crippen molar-refractivity contribution in [2.24, 2.45) is 0 Å². The molecule has 0 unspecified atom stereocenters. The molecule has 1 heterocycles. The van der Waals surface area contributed by atoms with Crippen LogP contribution in [0.25, 0.3) is 5.69 Å². The minimum atomic E-state index is -4.80. The highest BCUT2D eigenvalue weighted by Crippen LogP contribution is 2.21. The van der Waals surface area contributed by atoms with Gasteiger partial charge in [0.1, 0.15) is 15.5 Å². The molecule has 0 aliphatic heterocycles. The summed E-state index contributed by atoms with van der Waals surface area (Å²) in [4.78, 5) is 11.8. The Labute approximate surface area is 157 Å². The molecule has 1 amide bonds. The lowest BCUT2D eigenvalue weighted by molar-refractivity contribution is 0.102. The number of anilines is 1. The molecule has 0 saturated heterocycles. The minimum Gasteiger partial charge on any atom is -0.744 e. The van der Waals surface area contributed by atoms with Gasteiger partial charge in [-0.05, 0) is 40.8 Å². The molecule has 0 fully saturated rings. The van der Waals surface area contributed by atoms with Crippen LogP contribution in [-0.4, -0.2) is 39.1 Å². The monoisotopic (exact) mass is 401 g/mol. The summed E-state index contributed by atoms with van der Waals surface area (Å²) in [5.41, 5.74) is 0.528. The Bertz CT molecular complexity index is 1150. The second-order valence-corrected chi connectivity index (χ2v) is 7.12. The van der Waals surface area contributed by atoms with E-state index >= 15 is 0 Å². The summed E-state index contributed by atoms with van der Waals surface area (Å²) < 4.78 is 35.3. The molecule has 3 aromatic rings. The van der Waals surface area contributed by atoms with Crippen molar-refractivity contribution < 1.29 is 17.8 Å². The topological polar surface area (TPSA) is 154 Å². The molecule has 1 aromatic heterocycles. The van der Waals surface area contributed by atoms with E-state index in [0.717, 1.165) is 17.8 Å². The third-order valence-electron chi connectivity index (χ3n) is 3.33. The van der Waals surface area contributed by atoms with Gasteiger partial charge in [-0.1, -0.05) is 18.2 Å². The Kier molecular flexibility index (Phi) is 5.17. The molecule has 2 aromatic carbocycles. The van der Waals surface area contributed by atoms with Gasteiger partial charge in [0.25, 0.3) is 5.91 Å². The first-order chi connectivity index (χ1) is 12.9. The summed E-state index contributed by atoms with van der Waals surface area (Å²) in [5.74, 6) is -0.759. The number of carbonyl (C=O) groups is 1. The number of thiocyanates is 1. The molecular formula is C15H9N6O4S2-. The normalized spacial score (nSPS) is 11.0. The lowest BCUT2D eigenvalue weighted by atomic mass is 10.2. The number of nitrogens with zero attached hydrogens (tertiary/aromatic N) is 5. The number of benzene rings is 2. The lowest BCUT2D eigenvalue weighted by Gasteiger charge is -2.13. The second kappa shape index (κ2) is 7.54. The molecule has 10 nitrogen and oxygen atoms in total. The van der Waals surface area contributed by atoms with Gasteiger partial charge in [0.2, 0.25) is 5.16 Å². The van der Waals surface area contributed by atoms with Crippen LogP contribution in [0.4, 0.5) is 5.69 Å². The fourth-order valence-corrected chi connectivity index (χ4v) is 3.29. The van der Waals surface area contributed by atoms with Crippen molar-refractivity contribution in [2.45, 2.75) is 10.1 Å². The molecular weight excluding hydrogens is 392 g/mol. The van der Waals surface area contributed by atoms with E-state index in [9.17, 15) is 17.8 Å². The maximum Gasteiger partial charge on any atom is 0.256 e. The summed E-state index contributed by atoms with van der Waals surface area (Å²) in [6, 6.07) is 11.5. The largest absolute Gasteiger partial charge is 0.744 e. The molecule has 0 radical (unpaired) electrons. The summed E-state index contributed by atoms with van der Waals surface area (Å²) in [7, 11) is -4.80. The molecule has 0 bridgehead atoms. The molecule has 1 N–H and O–H groups in total. The van der Waals surface area contributed by atoms with Crippen LogP contribution in [0.15, 0.2) is 58.6 Å². The Hall–Kier alpha value is -3.27. The summed E-state index contributed by atoms with van der Waals surface area (Å²) >= 11 is 0.768. The number of nitrogens with one attached hydrogen (secondary N) is 1. The van der Waals surface area contributed by atoms with Crippen molar-refractivity contribution in [3.63, 3.8) is 0 Å². The highest BCUT2D eigenvalue weighted by molar-refractivity contribution is 8.03.